The van der Waals surface area contributed by atoms with Gasteiger partial charge in [0.2, 0.25) is 5.13 Å². The van der Waals surface area contributed by atoms with Crippen LogP contribution < -0.4 is 9.64 Å². The van der Waals surface area contributed by atoms with Crippen molar-refractivity contribution in [1.82, 2.24) is 30.4 Å². The van der Waals surface area contributed by atoms with Gasteiger partial charge in [0.05, 0.1) is 23.5 Å². The maximum Gasteiger partial charge on any atom is 0.255 e. The van der Waals surface area contributed by atoms with Crippen molar-refractivity contribution in [3.05, 3.63) is 81.6 Å². The average molecular weight is 634 g/mol. The molecule has 1 aliphatic carbocycles. The van der Waals surface area contributed by atoms with Crippen molar-refractivity contribution >= 4 is 28.0 Å². The molecule has 1 atom stereocenters. The zero-order valence-corrected chi connectivity index (χ0v) is 25.9. The smallest absolute Gasteiger partial charge is 0.255 e. The van der Waals surface area contributed by atoms with Gasteiger partial charge in [0.1, 0.15) is 17.6 Å². The second kappa shape index (κ2) is 13.0. The van der Waals surface area contributed by atoms with Crippen LogP contribution in [0.4, 0.5) is 13.9 Å². The molecular formula is C32H33F2N7O3S. The summed E-state index contributed by atoms with van der Waals surface area (Å²) in [6.45, 7) is 5.16. The predicted octanol–water partition coefficient (Wildman–Crippen LogP) is 5.08. The summed E-state index contributed by atoms with van der Waals surface area (Å²) in [5.74, 6) is -2.19. The van der Waals surface area contributed by atoms with Crippen molar-refractivity contribution in [2.75, 3.05) is 18.0 Å². The highest BCUT2D eigenvalue weighted by Crippen LogP contribution is 2.40. The molecule has 0 radical (unpaired) electrons. The monoisotopic (exact) mass is 633 g/mol. The summed E-state index contributed by atoms with van der Waals surface area (Å²) in [4.78, 5) is 36.5. The third-order valence-electron chi connectivity index (χ3n) is 7.92. The van der Waals surface area contributed by atoms with Crippen molar-refractivity contribution < 1.29 is 23.1 Å². The van der Waals surface area contributed by atoms with E-state index in [-0.39, 0.29) is 43.2 Å². The van der Waals surface area contributed by atoms with Crippen LogP contribution in [-0.2, 0) is 24.1 Å². The highest BCUT2D eigenvalue weighted by atomic mass is 32.1. The summed E-state index contributed by atoms with van der Waals surface area (Å²) in [5, 5.41) is 18.3. The number of alkyl halides is 2. The lowest BCUT2D eigenvalue weighted by molar-refractivity contribution is -0.134. The van der Waals surface area contributed by atoms with Gasteiger partial charge in [0, 0.05) is 73.9 Å². The Morgan fingerprint density at radius 3 is 2.51 bits per heavy atom. The molecule has 0 spiro atoms. The van der Waals surface area contributed by atoms with Gasteiger partial charge in [-0.25, -0.2) is 8.78 Å². The van der Waals surface area contributed by atoms with Crippen LogP contribution in [0.1, 0.15) is 75.6 Å². The lowest BCUT2D eigenvalue weighted by Crippen LogP contribution is -2.43. The lowest BCUT2D eigenvalue weighted by Gasteiger charge is -2.34. The van der Waals surface area contributed by atoms with Crippen LogP contribution in [0.15, 0.2) is 42.5 Å². The van der Waals surface area contributed by atoms with Gasteiger partial charge in [-0.3, -0.25) is 19.6 Å². The Kier molecular flexibility index (Phi) is 8.88. The Labute approximate surface area is 263 Å². The fourth-order valence-corrected chi connectivity index (χ4v) is 6.46. The van der Waals surface area contributed by atoms with E-state index in [1.165, 1.54) is 11.3 Å². The van der Waals surface area contributed by atoms with E-state index in [2.05, 4.69) is 35.3 Å². The van der Waals surface area contributed by atoms with Crippen molar-refractivity contribution in [3.8, 4) is 5.75 Å². The number of aromatic nitrogens is 6. The maximum absolute atomic E-state index is 13.2. The molecule has 1 aliphatic heterocycles. The minimum atomic E-state index is -2.66. The maximum atomic E-state index is 13.2. The van der Waals surface area contributed by atoms with Crippen molar-refractivity contribution in [2.45, 2.75) is 76.7 Å². The Morgan fingerprint density at radius 2 is 1.76 bits per heavy atom. The lowest BCUT2D eigenvalue weighted by atomic mass is 9.91. The summed E-state index contributed by atoms with van der Waals surface area (Å²) in [6, 6.07) is 12.8. The quantitative estimate of drug-likeness (QED) is 0.195. The fraction of sp³-hybridized carbons (Fsp3) is 0.438. The number of anilines is 1. The second-order valence-electron chi connectivity index (χ2n) is 11.8. The van der Waals surface area contributed by atoms with Crippen LogP contribution in [0.5, 0.6) is 5.75 Å². The standard InChI is InChI=1S/C32H33F2N7O3S/c1-19-4-3-5-22(35-19)7-9-29(43)30-39-40-31(45-30)41-11-10-21(18-41)28-8-6-23(37-38-28)13-25(42)14-24-15-26(12-20(2)36-24)44-27-16-32(33,34)17-27/h3-6,8,12,15,21,27H,7,9-11,13-14,16-18H2,1-2H3. The zero-order chi connectivity index (χ0) is 31.6. The first kappa shape index (κ1) is 30.8. The normalized spacial score (nSPS) is 17.7. The van der Waals surface area contributed by atoms with E-state index in [1.807, 2.05) is 37.3 Å². The molecule has 0 bridgehead atoms. The molecule has 0 N–H and O–H groups in total. The summed E-state index contributed by atoms with van der Waals surface area (Å²) in [7, 11) is 0. The molecule has 4 aromatic heterocycles. The van der Waals surface area contributed by atoms with E-state index in [0.29, 0.717) is 52.4 Å². The molecule has 1 saturated heterocycles. The summed E-state index contributed by atoms with van der Waals surface area (Å²) < 4.78 is 32.0. The molecule has 1 saturated carbocycles. The number of nitrogens with zero attached hydrogens (tertiary/aromatic N) is 7. The number of carbonyl (C=O) groups is 2. The van der Waals surface area contributed by atoms with Gasteiger partial charge in [-0.15, -0.1) is 10.2 Å². The van der Waals surface area contributed by atoms with Crippen LogP contribution >= 0.6 is 11.3 Å². The molecule has 2 fully saturated rings. The van der Waals surface area contributed by atoms with Gasteiger partial charge in [-0.2, -0.15) is 10.2 Å². The van der Waals surface area contributed by atoms with E-state index in [0.717, 1.165) is 30.0 Å². The van der Waals surface area contributed by atoms with Crippen LogP contribution in [0, 0.1) is 13.8 Å². The topological polar surface area (TPSA) is 124 Å². The third-order valence-corrected chi connectivity index (χ3v) is 8.94. The Bertz CT molecular complexity index is 1690. The van der Waals surface area contributed by atoms with Crippen LogP contribution in [0.2, 0.25) is 0 Å². The first-order valence-electron chi connectivity index (χ1n) is 15.0. The van der Waals surface area contributed by atoms with Crippen LogP contribution in [0.25, 0.3) is 0 Å². The first-order chi connectivity index (χ1) is 21.6. The van der Waals surface area contributed by atoms with Gasteiger partial charge in [0.25, 0.3) is 5.92 Å². The number of ether oxygens (including phenoxy) is 1. The number of Topliss-reactive ketones (excluding diaryl/α,β-unsaturated/α-hetero) is 2. The number of hydrogen-bond acceptors (Lipinski definition) is 11. The molecule has 4 aromatic rings. The largest absolute Gasteiger partial charge is 0.490 e. The molecule has 0 aromatic carbocycles. The van der Waals surface area contributed by atoms with E-state index in [4.69, 9.17) is 4.74 Å². The van der Waals surface area contributed by atoms with E-state index in [9.17, 15) is 18.4 Å². The average Bonchev–Trinajstić information content (AvgIpc) is 3.66. The summed E-state index contributed by atoms with van der Waals surface area (Å²) >= 11 is 1.31. The van der Waals surface area contributed by atoms with Crippen molar-refractivity contribution in [1.29, 1.82) is 0 Å². The predicted molar refractivity (Wildman–Crippen MR) is 163 cm³/mol. The Morgan fingerprint density at radius 1 is 0.956 bits per heavy atom. The molecule has 2 aliphatic rings. The minimum absolute atomic E-state index is 0.0400. The van der Waals surface area contributed by atoms with E-state index in [1.54, 1.807) is 19.1 Å². The molecule has 6 rings (SSSR count). The van der Waals surface area contributed by atoms with Crippen LogP contribution in [-0.4, -0.2) is 67.0 Å². The molecule has 5 heterocycles. The van der Waals surface area contributed by atoms with Gasteiger partial charge in [-0.05, 0) is 51.0 Å². The third kappa shape index (κ3) is 7.88. The molecule has 0 amide bonds. The highest BCUT2D eigenvalue weighted by Gasteiger charge is 2.47. The number of aryl methyl sites for hydroxylation is 3. The summed E-state index contributed by atoms with van der Waals surface area (Å²) in [6.07, 6.45) is 0.814. The number of rotatable bonds is 12. The van der Waals surface area contributed by atoms with Gasteiger partial charge < -0.3 is 9.64 Å². The van der Waals surface area contributed by atoms with E-state index < -0.39 is 12.0 Å². The minimum Gasteiger partial charge on any atom is -0.490 e. The number of carbonyl (C=O) groups excluding carboxylic acids is 2. The van der Waals surface area contributed by atoms with Gasteiger partial charge >= 0.3 is 0 Å². The fourth-order valence-electron chi connectivity index (χ4n) is 5.61. The molecule has 10 nitrogen and oxygen atoms in total. The van der Waals surface area contributed by atoms with E-state index >= 15 is 0 Å². The second-order valence-corrected chi connectivity index (χ2v) is 12.8. The number of ketones is 2. The molecule has 234 valence electrons. The first-order valence-corrected chi connectivity index (χ1v) is 15.8. The Hall–Kier alpha value is -4.26. The number of hydrogen-bond donors (Lipinski definition) is 0. The molecule has 1 unspecified atom stereocenters. The summed E-state index contributed by atoms with van der Waals surface area (Å²) in [5.41, 5.74) is 4.40. The molecular weight excluding hydrogens is 600 g/mol. The SMILES string of the molecule is Cc1cccc(CCC(=O)c2nnc(N3CCC(c4ccc(CC(=O)Cc5cc(OC6CC(F)(F)C6)cc(C)n5)nn4)C3)s2)n1. The zero-order valence-electron chi connectivity index (χ0n) is 25.1. The molecule has 13 heteroatoms. The number of halogens is 2. The van der Waals surface area contributed by atoms with Crippen molar-refractivity contribution in [3.63, 3.8) is 0 Å². The Balaban J connectivity index is 0.985. The highest BCUT2D eigenvalue weighted by molar-refractivity contribution is 7.17. The van der Waals surface area contributed by atoms with Gasteiger partial charge in [0.15, 0.2) is 10.8 Å². The van der Waals surface area contributed by atoms with Crippen LogP contribution in [0.3, 0.4) is 0 Å². The molecule has 45 heavy (non-hydrogen) atoms. The van der Waals surface area contributed by atoms with Gasteiger partial charge in [-0.1, -0.05) is 17.4 Å². The van der Waals surface area contributed by atoms with Crippen molar-refractivity contribution in [2.24, 2.45) is 0 Å². The number of pyridine rings is 2.